The van der Waals surface area contributed by atoms with Gasteiger partial charge < -0.3 is 10.1 Å². The molecule has 0 atom stereocenters. The lowest BCUT2D eigenvalue weighted by atomic mass is 10.2. The van der Waals surface area contributed by atoms with Gasteiger partial charge in [0, 0.05) is 13.0 Å². The van der Waals surface area contributed by atoms with Crippen LogP contribution in [0.5, 0.6) is 5.75 Å². The maximum atomic E-state index is 13.7. The van der Waals surface area contributed by atoms with Gasteiger partial charge in [-0.1, -0.05) is 19.9 Å². The number of benzene rings is 1. The van der Waals surface area contributed by atoms with Crippen molar-refractivity contribution >= 4 is 0 Å². The Kier molecular flexibility index (Phi) is 6.91. The highest BCUT2D eigenvalue weighted by atomic mass is 19.1. The van der Waals surface area contributed by atoms with Crippen LogP contribution in [0.4, 0.5) is 4.39 Å². The van der Waals surface area contributed by atoms with E-state index in [1.165, 1.54) is 6.07 Å². The summed E-state index contributed by atoms with van der Waals surface area (Å²) < 4.78 is 19.0. The van der Waals surface area contributed by atoms with E-state index in [0.29, 0.717) is 31.9 Å². The molecule has 4 heteroatoms. The molecule has 104 valence electrons. The minimum absolute atomic E-state index is 0.255. The molecule has 0 saturated heterocycles. The van der Waals surface area contributed by atoms with Gasteiger partial charge in [0.2, 0.25) is 0 Å². The lowest BCUT2D eigenvalue weighted by Gasteiger charge is -2.10. The highest BCUT2D eigenvalue weighted by Gasteiger charge is 2.05. The Balaban J connectivity index is 2.43. The minimum Gasteiger partial charge on any atom is -0.490 e. The highest BCUT2D eigenvalue weighted by molar-refractivity contribution is 5.29. The fourth-order valence-electron chi connectivity index (χ4n) is 1.61. The first kappa shape index (κ1) is 15.5. The van der Waals surface area contributed by atoms with Crippen LogP contribution >= 0.6 is 0 Å². The summed E-state index contributed by atoms with van der Waals surface area (Å²) in [5, 5.41) is 11.7. The fraction of sp³-hybridized carbons (Fsp3) is 0.533. The molecule has 1 rings (SSSR count). The van der Waals surface area contributed by atoms with Crippen molar-refractivity contribution in [3.8, 4) is 11.8 Å². The topological polar surface area (TPSA) is 45.0 Å². The van der Waals surface area contributed by atoms with Crippen molar-refractivity contribution in [2.24, 2.45) is 5.92 Å². The second-order valence-electron chi connectivity index (χ2n) is 4.90. The molecule has 0 aliphatic heterocycles. The van der Waals surface area contributed by atoms with Crippen LogP contribution in [0.25, 0.3) is 0 Å². The maximum absolute atomic E-state index is 13.7. The van der Waals surface area contributed by atoms with Crippen LogP contribution in [0.3, 0.4) is 0 Å². The van der Waals surface area contributed by atoms with Gasteiger partial charge >= 0.3 is 0 Å². The van der Waals surface area contributed by atoms with Crippen LogP contribution in [0.2, 0.25) is 0 Å². The maximum Gasteiger partial charge on any atom is 0.165 e. The van der Waals surface area contributed by atoms with Gasteiger partial charge in [-0.15, -0.1) is 0 Å². The van der Waals surface area contributed by atoms with Gasteiger partial charge in [0.15, 0.2) is 11.6 Å². The van der Waals surface area contributed by atoms with Gasteiger partial charge in [0.1, 0.15) is 0 Å². The molecule has 0 aliphatic rings. The number of ether oxygens (including phenoxy) is 1. The summed E-state index contributed by atoms with van der Waals surface area (Å²) >= 11 is 0. The number of nitrogens with one attached hydrogen (secondary N) is 1. The number of nitriles is 1. The van der Waals surface area contributed by atoms with Crippen LogP contribution in [0.1, 0.15) is 32.3 Å². The minimum atomic E-state index is -0.346. The molecule has 1 N–H and O–H groups in total. The van der Waals surface area contributed by atoms with Crippen molar-refractivity contribution in [2.45, 2.75) is 33.2 Å². The third kappa shape index (κ3) is 6.21. The lowest BCUT2D eigenvalue weighted by Crippen LogP contribution is -2.19. The molecule has 1 aromatic carbocycles. The van der Waals surface area contributed by atoms with Gasteiger partial charge in [-0.2, -0.15) is 5.26 Å². The zero-order valence-corrected chi connectivity index (χ0v) is 11.6. The molecule has 0 aliphatic carbocycles. The third-order valence-corrected chi connectivity index (χ3v) is 2.57. The number of halogens is 1. The average Bonchev–Trinajstić information content (AvgIpc) is 2.36. The number of rotatable bonds is 8. The van der Waals surface area contributed by atoms with E-state index in [4.69, 9.17) is 10.00 Å². The Morgan fingerprint density at radius 2 is 2.21 bits per heavy atom. The van der Waals surface area contributed by atoms with Crippen molar-refractivity contribution in [3.63, 3.8) is 0 Å². The Labute approximate surface area is 114 Å². The first-order chi connectivity index (χ1) is 9.13. The fourth-order valence-corrected chi connectivity index (χ4v) is 1.61. The summed E-state index contributed by atoms with van der Waals surface area (Å²) in [6.45, 7) is 6.20. The second kappa shape index (κ2) is 8.49. The molecule has 1 aromatic rings. The molecule has 0 amide bonds. The summed E-state index contributed by atoms with van der Waals surface area (Å²) in [5.74, 6) is 0.485. The Morgan fingerprint density at radius 1 is 1.42 bits per heavy atom. The van der Waals surface area contributed by atoms with E-state index in [0.717, 1.165) is 12.1 Å². The van der Waals surface area contributed by atoms with Crippen molar-refractivity contribution in [2.75, 3.05) is 13.2 Å². The van der Waals surface area contributed by atoms with E-state index >= 15 is 0 Å². The van der Waals surface area contributed by atoms with Crippen LogP contribution in [-0.4, -0.2) is 13.2 Å². The van der Waals surface area contributed by atoms with Gasteiger partial charge in [0.05, 0.1) is 12.7 Å². The van der Waals surface area contributed by atoms with E-state index < -0.39 is 0 Å². The standard InChI is InChI=1S/C15H21FN2O/c1-12(2)10-18-11-13-5-6-15(14(16)9-13)19-8-4-3-7-17/h5-6,9,12,18H,3-4,8,10-11H2,1-2H3. The molecule has 0 saturated carbocycles. The molecule has 0 unspecified atom stereocenters. The molecule has 0 radical (unpaired) electrons. The summed E-state index contributed by atoms with van der Waals surface area (Å²) in [6, 6.07) is 7.02. The average molecular weight is 264 g/mol. The molecular weight excluding hydrogens is 243 g/mol. The van der Waals surface area contributed by atoms with Gasteiger partial charge in [-0.05, 0) is 36.6 Å². The Bertz CT molecular complexity index is 427. The van der Waals surface area contributed by atoms with Crippen molar-refractivity contribution in [3.05, 3.63) is 29.6 Å². The van der Waals surface area contributed by atoms with E-state index in [1.807, 2.05) is 12.1 Å². The summed E-state index contributed by atoms with van der Waals surface area (Å²) in [4.78, 5) is 0. The molecule has 19 heavy (non-hydrogen) atoms. The smallest absolute Gasteiger partial charge is 0.165 e. The number of hydrogen-bond acceptors (Lipinski definition) is 3. The van der Waals surface area contributed by atoms with E-state index in [-0.39, 0.29) is 11.6 Å². The normalized spacial score (nSPS) is 10.5. The largest absolute Gasteiger partial charge is 0.490 e. The van der Waals surface area contributed by atoms with E-state index in [9.17, 15) is 4.39 Å². The SMILES string of the molecule is CC(C)CNCc1ccc(OCCCC#N)c(F)c1. The molecule has 0 spiro atoms. The Morgan fingerprint density at radius 3 is 2.84 bits per heavy atom. The molecule has 0 aromatic heterocycles. The number of hydrogen-bond donors (Lipinski definition) is 1. The zero-order chi connectivity index (χ0) is 14.1. The molecule has 0 bridgehead atoms. The first-order valence-corrected chi connectivity index (χ1v) is 6.62. The van der Waals surface area contributed by atoms with Gasteiger partial charge in [-0.25, -0.2) is 4.39 Å². The molecule has 0 fully saturated rings. The molecule has 0 heterocycles. The summed E-state index contributed by atoms with van der Waals surface area (Å²) in [6.07, 6.45) is 1.05. The van der Waals surface area contributed by atoms with Gasteiger partial charge in [-0.3, -0.25) is 0 Å². The van der Waals surface area contributed by atoms with Crippen LogP contribution in [-0.2, 0) is 6.54 Å². The zero-order valence-electron chi connectivity index (χ0n) is 11.6. The van der Waals surface area contributed by atoms with Crippen LogP contribution in [0, 0.1) is 23.1 Å². The summed E-state index contributed by atoms with van der Waals surface area (Å²) in [7, 11) is 0. The predicted molar refractivity (Wildman–Crippen MR) is 73.3 cm³/mol. The Hall–Kier alpha value is -1.60. The third-order valence-electron chi connectivity index (χ3n) is 2.57. The van der Waals surface area contributed by atoms with E-state index in [2.05, 4.69) is 19.2 Å². The first-order valence-electron chi connectivity index (χ1n) is 6.62. The van der Waals surface area contributed by atoms with Gasteiger partial charge in [0.25, 0.3) is 0 Å². The molecular formula is C15H21FN2O. The van der Waals surface area contributed by atoms with E-state index in [1.54, 1.807) is 6.07 Å². The quantitative estimate of drug-likeness (QED) is 0.733. The van der Waals surface area contributed by atoms with Crippen molar-refractivity contribution in [1.82, 2.24) is 5.32 Å². The molecule has 3 nitrogen and oxygen atoms in total. The number of unbranched alkanes of at least 4 members (excludes halogenated alkanes) is 1. The highest BCUT2D eigenvalue weighted by Crippen LogP contribution is 2.18. The predicted octanol–water partition coefficient (Wildman–Crippen LogP) is 3.25. The second-order valence-corrected chi connectivity index (χ2v) is 4.90. The number of nitrogens with zero attached hydrogens (tertiary/aromatic N) is 1. The van der Waals surface area contributed by atoms with Crippen LogP contribution in [0.15, 0.2) is 18.2 Å². The lowest BCUT2D eigenvalue weighted by molar-refractivity contribution is 0.297. The van der Waals surface area contributed by atoms with Crippen molar-refractivity contribution in [1.29, 1.82) is 5.26 Å². The van der Waals surface area contributed by atoms with Crippen molar-refractivity contribution < 1.29 is 9.13 Å². The summed E-state index contributed by atoms with van der Waals surface area (Å²) in [5.41, 5.74) is 0.905. The monoisotopic (exact) mass is 264 g/mol. The van der Waals surface area contributed by atoms with Crippen LogP contribution < -0.4 is 10.1 Å².